The van der Waals surface area contributed by atoms with Crippen LogP contribution < -0.4 is 10.8 Å². The van der Waals surface area contributed by atoms with Gasteiger partial charge in [-0.1, -0.05) is 18.2 Å². The van der Waals surface area contributed by atoms with Gasteiger partial charge in [0.1, 0.15) is 11.4 Å². The summed E-state index contributed by atoms with van der Waals surface area (Å²) < 4.78 is 23.4. The molecule has 1 atom stereocenters. The van der Waals surface area contributed by atoms with Gasteiger partial charge >= 0.3 is 0 Å². The fraction of sp³-hybridized carbons (Fsp3) is 0.200. The number of sulfone groups is 1. The van der Waals surface area contributed by atoms with Crippen molar-refractivity contribution in [3.05, 3.63) is 51.8 Å². The standard InChI is InChI=1S/C10H11N3O5S/c14-12-10-9(11-7-4-2-1-3-5-7)8(13(15)16)6-19(10,17)18/h1-5,10-12,14H,6H2. The third kappa shape index (κ3) is 2.57. The maximum atomic E-state index is 11.7. The molecular weight excluding hydrogens is 274 g/mol. The molecule has 0 spiro atoms. The first kappa shape index (κ1) is 13.5. The van der Waals surface area contributed by atoms with Gasteiger partial charge in [0, 0.05) is 5.69 Å². The highest BCUT2D eigenvalue weighted by molar-refractivity contribution is 7.92. The number of para-hydroxylation sites is 1. The maximum Gasteiger partial charge on any atom is 0.283 e. The smallest absolute Gasteiger partial charge is 0.283 e. The molecule has 3 N–H and O–H groups in total. The number of hydrogen-bond donors (Lipinski definition) is 3. The predicted molar refractivity (Wildman–Crippen MR) is 66.6 cm³/mol. The van der Waals surface area contributed by atoms with Gasteiger partial charge in [0.2, 0.25) is 0 Å². The van der Waals surface area contributed by atoms with Crippen LogP contribution in [0.3, 0.4) is 0 Å². The Morgan fingerprint density at radius 1 is 1.32 bits per heavy atom. The molecule has 0 fully saturated rings. The Hall–Kier alpha value is -1.97. The minimum Gasteiger partial charge on any atom is -0.351 e. The molecule has 0 aliphatic carbocycles. The SMILES string of the molecule is O=[N+]([O-])C1=C(Nc2ccccc2)C(NO)S(=O)(=O)C1. The van der Waals surface area contributed by atoms with E-state index in [2.05, 4.69) is 5.32 Å². The van der Waals surface area contributed by atoms with Gasteiger partial charge in [0.15, 0.2) is 15.2 Å². The molecule has 1 aliphatic heterocycles. The van der Waals surface area contributed by atoms with Crippen molar-refractivity contribution < 1.29 is 18.5 Å². The Labute approximate surface area is 108 Å². The third-order valence-electron chi connectivity index (χ3n) is 2.66. The van der Waals surface area contributed by atoms with Crippen LogP contribution in [0, 0.1) is 10.1 Å². The zero-order valence-corrected chi connectivity index (χ0v) is 10.4. The van der Waals surface area contributed by atoms with Gasteiger partial charge in [-0.15, -0.1) is 0 Å². The number of nitrogens with one attached hydrogen (secondary N) is 2. The van der Waals surface area contributed by atoms with Crippen molar-refractivity contribution in [3.63, 3.8) is 0 Å². The lowest BCUT2D eigenvalue weighted by Crippen LogP contribution is -2.35. The Morgan fingerprint density at radius 3 is 2.47 bits per heavy atom. The van der Waals surface area contributed by atoms with E-state index in [1.165, 1.54) is 0 Å². The van der Waals surface area contributed by atoms with Crippen LogP contribution in [0.2, 0.25) is 0 Å². The number of hydrogen-bond acceptors (Lipinski definition) is 7. The van der Waals surface area contributed by atoms with Crippen LogP contribution in [0.15, 0.2) is 41.7 Å². The van der Waals surface area contributed by atoms with Gasteiger partial charge in [-0.2, -0.15) is 5.48 Å². The van der Waals surface area contributed by atoms with Crippen molar-refractivity contribution in [3.8, 4) is 0 Å². The van der Waals surface area contributed by atoms with E-state index in [9.17, 15) is 18.5 Å². The number of benzene rings is 1. The summed E-state index contributed by atoms with van der Waals surface area (Å²) in [4.78, 5) is 10.1. The van der Waals surface area contributed by atoms with E-state index in [4.69, 9.17) is 5.21 Å². The van der Waals surface area contributed by atoms with Crippen molar-refractivity contribution in [1.29, 1.82) is 0 Å². The largest absolute Gasteiger partial charge is 0.351 e. The first-order valence-electron chi connectivity index (χ1n) is 5.26. The Balaban J connectivity index is 2.42. The van der Waals surface area contributed by atoms with Crippen LogP contribution in [0.5, 0.6) is 0 Å². The summed E-state index contributed by atoms with van der Waals surface area (Å²) in [6.45, 7) is 0. The maximum absolute atomic E-state index is 11.7. The van der Waals surface area contributed by atoms with Crippen LogP contribution in [0.25, 0.3) is 0 Å². The van der Waals surface area contributed by atoms with E-state index < -0.39 is 31.6 Å². The molecule has 0 amide bonds. The molecule has 1 aromatic rings. The molecule has 9 heteroatoms. The molecule has 0 saturated carbocycles. The molecule has 0 radical (unpaired) electrons. The Bertz CT molecular complexity index is 626. The van der Waals surface area contributed by atoms with E-state index in [1.54, 1.807) is 35.8 Å². The van der Waals surface area contributed by atoms with Gasteiger partial charge in [-0.05, 0) is 12.1 Å². The number of hydroxylamine groups is 1. The lowest BCUT2D eigenvalue weighted by molar-refractivity contribution is -0.424. The van der Waals surface area contributed by atoms with Crippen molar-refractivity contribution in [1.82, 2.24) is 5.48 Å². The minimum absolute atomic E-state index is 0.168. The van der Waals surface area contributed by atoms with Crippen molar-refractivity contribution >= 4 is 15.5 Å². The van der Waals surface area contributed by atoms with Crippen LogP contribution in [0.4, 0.5) is 5.69 Å². The van der Waals surface area contributed by atoms with E-state index in [-0.39, 0.29) is 5.70 Å². The lowest BCUT2D eigenvalue weighted by atomic mass is 10.3. The highest BCUT2D eigenvalue weighted by Crippen LogP contribution is 2.27. The lowest BCUT2D eigenvalue weighted by Gasteiger charge is -2.13. The summed E-state index contributed by atoms with van der Waals surface area (Å²) in [5.74, 6) is -0.729. The first-order valence-corrected chi connectivity index (χ1v) is 6.98. The zero-order valence-electron chi connectivity index (χ0n) is 9.61. The molecule has 2 rings (SSSR count). The zero-order chi connectivity index (χ0) is 14.0. The fourth-order valence-electron chi connectivity index (χ4n) is 1.79. The summed E-state index contributed by atoms with van der Waals surface area (Å²) >= 11 is 0. The quantitative estimate of drug-likeness (QED) is 0.538. The Kier molecular flexibility index (Phi) is 3.51. The molecule has 1 heterocycles. The van der Waals surface area contributed by atoms with Crippen molar-refractivity contribution in [2.24, 2.45) is 0 Å². The normalized spacial score (nSPS) is 21.4. The number of rotatable bonds is 4. The second-order valence-electron chi connectivity index (χ2n) is 3.92. The van der Waals surface area contributed by atoms with Crippen molar-refractivity contribution in [2.75, 3.05) is 11.1 Å². The second-order valence-corrected chi connectivity index (χ2v) is 6.01. The molecule has 0 saturated heterocycles. The van der Waals surface area contributed by atoms with Gasteiger partial charge in [-0.3, -0.25) is 10.1 Å². The molecule has 1 aromatic carbocycles. The number of nitro groups is 1. The van der Waals surface area contributed by atoms with E-state index in [0.717, 1.165) is 0 Å². The summed E-state index contributed by atoms with van der Waals surface area (Å²) in [5, 5.41) is 21.0. The highest BCUT2D eigenvalue weighted by Gasteiger charge is 2.45. The third-order valence-corrected chi connectivity index (χ3v) is 4.40. The van der Waals surface area contributed by atoms with Crippen LogP contribution in [0.1, 0.15) is 0 Å². The van der Waals surface area contributed by atoms with Crippen LogP contribution in [-0.4, -0.2) is 29.7 Å². The molecule has 0 aromatic heterocycles. The fourth-order valence-corrected chi connectivity index (χ4v) is 3.32. The molecule has 19 heavy (non-hydrogen) atoms. The monoisotopic (exact) mass is 285 g/mol. The number of anilines is 1. The minimum atomic E-state index is -3.84. The molecule has 102 valence electrons. The van der Waals surface area contributed by atoms with Crippen molar-refractivity contribution in [2.45, 2.75) is 5.37 Å². The second kappa shape index (κ2) is 4.96. The summed E-state index contributed by atoms with van der Waals surface area (Å²) in [6, 6.07) is 8.40. The summed E-state index contributed by atoms with van der Waals surface area (Å²) in [5.41, 5.74) is 1.45. The molecule has 1 aliphatic rings. The topological polar surface area (TPSA) is 122 Å². The van der Waals surface area contributed by atoms with E-state index >= 15 is 0 Å². The van der Waals surface area contributed by atoms with Gasteiger partial charge in [-0.25, -0.2) is 8.42 Å². The highest BCUT2D eigenvalue weighted by atomic mass is 32.2. The molecule has 8 nitrogen and oxygen atoms in total. The molecule has 1 unspecified atom stereocenters. The van der Waals surface area contributed by atoms with Gasteiger partial charge in [0.05, 0.1) is 4.92 Å². The van der Waals surface area contributed by atoms with Gasteiger partial charge in [0.25, 0.3) is 5.70 Å². The predicted octanol–water partition coefficient (Wildman–Crippen LogP) is 0.320. The Morgan fingerprint density at radius 2 is 1.95 bits per heavy atom. The molecular formula is C10H11N3O5S. The average molecular weight is 285 g/mol. The van der Waals surface area contributed by atoms with Crippen LogP contribution in [-0.2, 0) is 9.84 Å². The first-order chi connectivity index (χ1) is 8.95. The summed E-state index contributed by atoms with van der Waals surface area (Å²) in [7, 11) is -3.84. The van der Waals surface area contributed by atoms with E-state index in [1.807, 2.05) is 0 Å². The summed E-state index contributed by atoms with van der Waals surface area (Å²) in [6.07, 6.45) is 0. The van der Waals surface area contributed by atoms with Crippen LogP contribution >= 0.6 is 0 Å². The van der Waals surface area contributed by atoms with E-state index in [0.29, 0.717) is 5.69 Å². The van der Waals surface area contributed by atoms with Gasteiger partial charge < -0.3 is 10.5 Å². The number of nitrogens with zero attached hydrogens (tertiary/aromatic N) is 1. The molecule has 0 bridgehead atoms. The average Bonchev–Trinajstić information content (AvgIpc) is 2.61.